The zero-order valence-electron chi connectivity index (χ0n) is 34.0. The van der Waals surface area contributed by atoms with E-state index in [2.05, 4.69) is 45.0 Å². The summed E-state index contributed by atoms with van der Waals surface area (Å²) in [4.78, 5) is 15.5. The fourth-order valence-corrected chi connectivity index (χ4v) is 7.84. The quantitative estimate of drug-likeness (QED) is 0.0731. The number of benzene rings is 6. The maximum absolute atomic E-state index is 14.5. The molecule has 0 fully saturated rings. The molecule has 0 aliphatic carbocycles. The largest absolute Gasteiger partial charge is 0.251 e. The summed E-state index contributed by atoms with van der Waals surface area (Å²) < 4.78 is 57.8. The molecule has 6 aromatic carbocycles. The molecule has 0 spiro atoms. The Labute approximate surface area is 343 Å². The standard InChI is InChI=1S/C52H45F4N3/c1-7-36-29-32(3)51(33(4)30-36)57-34(5)47-9-8-10-48(59-47)35(6)58-52-45(49(37-11-19-41(53)20-12-37)38-13-21-42(54)22-14-38)27-31(2)28-46(52)50(39-15-23-43(55)24-16-39)40-17-25-44(56)26-18-40/h8-30,49-50H,7H2,1-6H3. The molecule has 296 valence electrons. The van der Waals surface area contributed by atoms with E-state index in [0.717, 1.165) is 67.9 Å². The second kappa shape index (κ2) is 17.6. The fraction of sp³-hybridized carbons (Fsp3) is 0.173. The smallest absolute Gasteiger partial charge is 0.123 e. The van der Waals surface area contributed by atoms with Gasteiger partial charge >= 0.3 is 0 Å². The van der Waals surface area contributed by atoms with Gasteiger partial charge in [-0.25, -0.2) is 22.5 Å². The third kappa shape index (κ3) is 9.15. The van der Waals surface area contributed by atoms with Crippen molar-refractivity contribution in [1.29, 1.82) is 0 Å². The van der Waals surface area contributed by atoms with Crippen LogP contribution in [0.3, 0.4) is 0 Å². The molecule has 0 saturated heterocycles. The number of hydrogen-bond acceptors (Lipinski definition) is 3. The van der Waals surface area contributed by atoms with Crippen LogP contribution in [0.1, 0.15) is 99.6 Å². The summed E-state index contributed by atoms with van der Waals surface area (Å²) >= 11 is 0. The van der Waals surface area contributed by atoms with Gasteiger partial charge in [-0.3, -0.25) is 9.98 Å². The second-order valence-electron chi connectivity index (χ2n) is 15.1. The third-order valence-corrected chi connectivity index (χ3v) is 10.8. The van der Waals surface area contributed by atoms with Crippen molar-refractivity contribution in [2.45, 2.75) is 59.8 Å². The summed E-state index contributed by atoms with van der Waals surface area (Å²) in [6.07, 6.45) is 0.945. The van der Waals surface area contributed by atoms with E-state index < -0.39 is 11.8 Å². The highest BCUT2D eigenvalue weighted by atomic mass is 19.1. The lowest BCUT2D eigenvalue weighted by atomic mass is 9.78. The summed E-state index contributed by atoms with van der Waals surface area (Å²) in [7, 11) is 0. The number of rotatable bonds is 11. The Morgan fingerprint density at radius 3 is 1.17 bits per heavy atom. The summed E-state index contributed by atoms with van der Waals surface area (Å²) in [5.74, 6) is -2.55. The van der Waals surface area contributed by atoms with Crippen molar-refractivity contribution in [3.63, 3.8) is 0 Å². The minimum Gasteiger partial charge on any atom is -0.251 e. The Morgan fingerprint density at radius 1 is 0.492 bits per heavy atom. The van der Waals surface area contributed by atoms with Crippen LogP contribution in [0, 0.1) is 44.0 Å². The lowest BCUT2D eigenvalue weighted by Gasteiger charge is -2.27. The van der Waals surface area contributed by atoms with E-state index in [9.17, 15) is 17.6 Å². The van der Waals surface area contributed by atoms with Crippen molar-refractivity contribution in [1.82, 2.24) is 4.98 Å². The number of nitrogens with zero attached hydrogens (tertiary/aromatic N) is 3. The highest BCUT2D eigenvalue weighted by molar-refractivity contribution is 6.02. The van der Waals surface area contributed by atoms with Crippen molar-refractivity contribution >= 4 is 22.8 Å². The van der Waals surface area contributed by atoms with Crippen molar-refractivity contribution < 1.29 is 17.6 Å². The van der Waals surface area contributed by atoms with Crippen LogP contribution in [0.2, 0.25) is 0 Å². The molecule has 1 heterocycles. The van der Waals surface area contributed by atoms with Gasteiger partial charge in [0.1, 0.15) is 23.3 Å². The Morgan fingerprint density at radius 2 is 0.831 bits per heavy atom. The molecule has 0 aliphatic heterocycles. The lowest BCUT2D eigenvalue weighted by Crippen LogP contribution is -2.11. The highest BCUT2D eigenvalue weighted by Gasteiger charge is 2.28. The molecule has 0 saturated carbocycles. The number of aromatic nitrogens is 1. The molecule has 7 aromatic rings. The number of aliphatic imine (C=N–C) groups is 2. The van der Waals surface area contributed by atoms with Gasteiger partial charge in [0.25, 0.3) is 0 Å². The molecule has 1 aromatic heterocycles. The van der Waals surface area contributed by atoms with Gasteiger partial charge in [-0.2, -0.15) is 0 Å². The van der Waals surface area contributed by atoms with Gasteiger partial charge in [0.2, 0.25) is 0 Å². The van der Waals surface area contributed by atoms with Crippen LogP contribution in [0.15, 0.2) is 150 Å². The van der Waals surface area contributed by atoms with Crippen LogP contribution < -0.4 is 0 Å². The Kier molecular flexibility index (Phi) is 12.1. The zero-order valence-corrected chi connectivity index (χ0v) is 34.0. The first kappa shape index (κ1) is 40.7. The summed E-state index contributed by atoms with van der Waals surface area (Å²) in [5.41, 5.74) is 13.2. The van der Waals surface area contributed by atoms with E-state index >= 15 is 0 Å². The van der Waals surface area contributed by atoms with Crippen molar-refractivity contribution in [2.75, 3.05) is 0 Å². The molecule has 7 heteroatoms. The van der Waals surface area contributed by atoms with Crippen LogP contribution in [-0.2, 0) is 6.42 Å². The second-order valence-corrected chi connectivity index (χ2v) is 15.1. The summed E-state index contributed by atoms with van der Waals surface area (Å²) in [6.45, 7) is 12.1. The zero-order chi connectivity index (χ0) is 41.8. The van der Waals surface area contributed by atoms with E-state index in [4.69, 9.17) is 15.0 Å². The van der Waals surface area contributed by atoms with Gasteiger partial charge in [-0.1, -0.05) is 91.3 Å². The minimum atomic E-state index is -0.511. The van der Waals surface area contributed by atoms with E-state index in [0.29, 0.717) is 22.8 Å². The molecule has 0 N–H and O–H groups in total. The SMILES string of the molecule is CCc1cc(C)c(N=C(C)c2cccc(C(C)=Nc3c(C(c4ccc(F)cc4)c4ccc(F)cc4)cc(C)cc3C(c3ccc(F)cc3)c3ccc(F)cc3)n2)c(C)c1. The van der Waals surface area contributed by atoms with Crippen molar-refractivity contribution in [2.24, 2.45) is 9.98 Å². The van der Waals surface area contributed by atoms with Crippen LogP contribution >= 0.6 is 0 Å². The minimum absolute atomic E-state index is 0.383. The Balaban J connectivity index is 1.48. The molecule has 0 bridgehead atoms. The molecular weight excluding hydrogens is 743 g/mol. The highest BCUT2D eigenvalue weighted by Crippen LogP contribution is 2.46. The number of hydrogen-bond donors (Lipinski definition) is 0. The van der Waals surface area contributed by atoms with Gasteiger partial charge < -0.3 is 0 Å². The van der Waals surface area contributed by atoms with Gasteiger partial charge in [0.15, 0.2) is 0 Å². The van der Waals surface area contributed by atoms with E-state index in [1.165, 1.54) is 54.1 Å². The number of pyridine rings is 1. The van der Waals surface area contributed by atoms with Gasteiger partial charge in [0.05, 0.1) is 34.2 Å². The maximum Gasteiger partial charge on any atom is 0.123 e. The topological polar surface area (TPSA) is 37.6 Å². The molecular formula is C52H45F4N3. The predicted molar refractivity (Wildman–Crippen MR) is 232 cm³/mol. The molecule has 0 unspecified atom stereocenters. The third-order valence-electron chi connectivity index (χ3n) is 10.8. The molecule has 0 atom stereocenters. The monoisotopic (exact) mass is 787 g/mol. The maximum atomic E-state index is 14.5. The number of aryl methyl sites for hydroxylation is 4. The van der Waals surface area contributed by atoms with Crippen LogP contribution in [0.25, 0.3) is 0 Å². The summed E-state index contributed by atoms with van der Waals surface area (Å²) in [6, 6.07) is 39.4. The molecule has 3 nitrogen and oxygen atoms in total. The fourth-order valence-electron chi connectivity index (χ4n) is 7.84. The van der Waals surface area contributed by atoms with Crippen LogP contribution in [0.5, 0.6) is 0 Å². The Bertz CT molecular complexity index is 2430. The average Bonchev–Trinajstić information content (AvgIpc) is 3.23. The predicted octanol–water partition coefficient (Wildman–Crippen LogP) is 13.8. The molecule has 0 amide bonds. The van der Waals surface area contributed by atoms with Crippen LogP contribution in [-0.4, -0.2) is 16.4 Å². The molecule has 0 radical (unpaired) electrons. The lowest BCUT2D eigenvalue weighted by molar-refractivity contribution is 0.625. The van der Waals surface area contributed by atoms with Crippen LogP contribution in [0.4, 0.5) is 28.9 Å². The first-order valence-corrected chi connectivity index (χ1v) is 19.7. The molecule has 7 rings (SSSR count). The van der Waals surface area contributed by atoms with E-state index in [1.807, 2.05) is 39.0 Å². The van der Waals surface area contributed by atoms with Gasteiger partial charge in [-0.15, -0.1) is 0 Å². The average molecular weight is 788 g/mol. The van der Waals surface area contributed by atoms with Crippen molar-refractivity contribution in [3.05, 3.63) is 230 Å². The van der Waals surface area contributed by atoms with E-state index in [-0.39, 0.29) is 23.3 Å². The Hall–Kier alpha value is -6.47. The molecule has 59 heavy (non-hydrogen) atoms. The van der Waals surface area contributed by atoms with Crippen molar-refractivity contribution in [3.8, 4) is 0 Å². The van der Waals surface area contributed by atoms with Gasteiger partial charge in [0, 0.05) is 11.8 Å². The van der Waals surface area contributed by atoms with E-state index in [1.54, 1.807) is 48.5 Å². The molecule has 0 aliphatic rings. The normalized spacial score (nSPS) is 12.1. The number of halogens is 4. The van der Waals surface area contributed by atoms with Gasteiger partial charge in [-0.05, 0) is 152 Å². The first-order valence-electron chi connectivity index (χ1n) is 19.7. The first-order chi connectivity index (χ1) is 28.4. The summed E-state index contributed by atoms with van der Waals surface area (Å²) in [5, 5.41) is 0.